The highest BCUT2D eigenvalue weighted by Crippen LogP contribution is 2.34. The van der Waals surface area contributed by atoms with Crippen molar-refractivity contribution in [1.29, 1.82) is 0 Å². The molecule has 0 heterocycles. The molecular weight excluding hydrogens is 222 g/mol. The van der Waals surface area contributed by atoms with Gasteiger partial charge in [0.2, 0.25) is 0 Å². The first kappa shape index (κ1) is 13.3. The molecule has 0 spiro atoms. The minimum absolute atomic E-state index is 0.553. The second-order valence-electron chi connectivity index (χ2n) is 3.36. The van der Waals surface area contributed by atoms with E-state index in [1.807, 2.05) is 0 Å². The van der Waals surface area contributed by atoms with Crippen LogP contribution in [0.25, 0.3) is 0 Å². The highest BCUT2D eigenvalue weighted by molar-refractivity contribution is 5.86. The maximum absolute atomic E-state index is 9.13. The fourth-order valence-electron chi connectivity index (χ4n) is 1.37. The molecule has 0 aromatic heterocycles. The molecule has 17 heavy (non-hydrogen) atoms. The second kappa shape index (κ2) is 6.10. The number of rotatable bonds is 5. The first-order chi connectivity index (χ1) is 8.12. The maximum atomic E-state index is 9.13. The molecule has 1 aromatic rings. The van der Waals surface area contributed by atoms with Gasteiger partial charge in [-0.15, -0.1) is 0 Å². The molecular formula is C12H17NO4. The number of hydrogen-bond acceptors (Lipinski definition) is 5. The van der Waals surface area contributed by atoms with Crippen LogP contribution in [-0.2, 0) is 0 Å². The Morgan fingerprint density at radius 1 is 1.18 bits per heavy atom. The van der Waals surface area contributed by atoms with Gasteiger partial charge in [-0.3, -0.25) is 4.99 Å². The number of hydrogen-bond donors (Lipinski definition) is 1. The fraction of sp³-hybridized carbons (Fsp3) is 0.417. The van der Waals surface area contributed by atoms with Crippen LogP contribution in [0.2, 0.25) is 0 Å². The molecule has 0 bridgehead atoms. The summed E-state index contributed by atoms with van der Waals surface area (Å²) in [6.07, 6.45) is 0.756. The van der Waals surface area contributed by atoms with Crippen molar-refractivity contribution < 1.29 is 19.3 Å². The minimum Gasteiger partial charge on any atom is -0.497 e. The van der Waals surface area contributed by atoms with E-state index >= 15 is 0 Å². The van der Waals surface area contributed by atoms with Crippen molar-refractivity contribution in [3.05, 3.63) is 17.7 Å². The van der Waals surface area contributed by atoms with Crippen LogP contribution in [0.4, 0.5) is 0 Å². The number of aliphatic imine (C=N–C) groups is 1. The lowest BCUT2D eigenvalue weighted by Gasteiger charge is -2.12. The molecule has 1 aromatic carbocycles. The Bertz CT molecular complexity index is 402. The van der Waals surface area contributed by atoms with Gasteiger partial charge in [0.1, 0.15) is 12.0 Å². The van der Waals surface area contributed by atoms with Gasteiger partial charge in [0.15, 0.2) is 11.5 Å². The number of methoxy groups -OCH3 is 3. The summed E-state index contributed by atoms with van der Waals surface area (Å²) in [6.45, 7) is 1.57. The van der Waals surface area contributed by atoms with Crippen LogP contribution in [-0.4, -0.2) is 38.9 Å². The lowest BCUT2D eigenvalue weighted by atomic mass is 10.2. The molecule has 0 amide bonds. The molecule has 0 saturated heterocycles. The van der Waals surface area contributed by atoms with Crippen molar-refractivity contribution in [3.8, 4) is 17.2 Å². The number of aliphatic hydroxyl groups is 1. The van der Waals surface area contributed by atoms with Crippen LogP contribution in [0, 0.1) is 0 Å². The lowest BCUT2D eigenvalue weighted by Crippen LogP contribution is -1.99. The third-order valence-corrected chi connectivity index (χ3v) is 2.15. The topological polar surface area (TPSA) is 60.3 Å². The van der Waals surface area contributed by atoms with Crippen molar-refractivity contribution in [3.63, 3.8) is 0 Å². The quantitative estimate of drug-likeness (QED) is 0.790. The van der Waals surface area contributed by atoms with Crippen LogP contribution in [0.1, 0.15) is 12.5 Å². The Morgan fingerprint density at radius 2 is 1.88 bits per heavy atom. The van der Waals surface area contributed by atoms with Gasteiger partial charge in [-0.05, 0) is 13.0 Å². The molecule has 0 aliphatic rings. The Balaban J connectivity index is 3.24. The summed E-state index contributed by atoms with van der Waals surface area (Å²) in [4.78, 5) is 3.89. The van der Waals surface area contributed by atoms with E-state index in [9.17, 15) is 0 Å². The Kier molecular flexibility index (Phi) is 4.78. The molecule has 94 valence electrons. The second-order valence-corrected chi connectivity index (χ2v) is 3.36. The molecule has 1 rings (SSSR count). The summed E-state index contributed by atoms with van der Waals surface area (Å²) in [7, 11) is 4.66. The average molecular weight is 239 g/mol. The number of benzene rings is 1. The van der Waals surface area contributed by atoms with Crippen LogP contribution in [0.15, 0.2) is 17.1 Å². The number of nitrogens with zero attached hydrogens (tertiary/aromatic N) is 1. The van der Waals surface area contributed by atoms with Crippen molar-refractivity contribution >= 4 is 6.21 Å². The SMILES string of the molecule is COc1cc(C=NC(C)O)c(OC)c(OC)c1. The molecule has 0 saturated carbocycles. The predicted molar refractivity (Wildman–Crippen MR) is 65.4 cm³/mol. The van der Waals surface area contributed by atoms with Gasteiger partial charge in [-0.25, -0.2) is 0 Å². The molecule has 5 nitrogen and oxygen atoms in total. The van der Waals surface area contributed by atoms with Crippen LogP contribution in [0.5, 0.6) is 17.2 Å². The highest BCUT2D eigenvalue weighted by atomic mass is 16.5. The third-order valence-electron chi connectivity index (χ3n) is 2.15. The Hall–Kier alpha value is -1.75. The Morgan fingerprint density at radius 3 is 2.35 bits per heavy atom. The van der Waals surface area contributed by atoms with E-state index in [-0.39, 0.29) is 0 Å². The van der Waals surface area contributed by atoms with E-state index in [4.69, 9.17) is 19.3 Å². The van der Waals surface area contributed by atoms with Crippen LogP contribution < -0.4 is 14.2 Å². The van der Waals surface area contributed by atoms with E-state index < -0.39 is 6.23 Å². The van der Waals surface area contributed by atoms with Gasteiger partial charge in [-0.1, -0.05) is 0 Å². The smallest absolute Gasteiger partial charge is 0.169 e. The zero-order valence-corrected chi connectivity index (χ0v) is 10.4. The molecule has 0 radical (unpaired) electrons. The Labute approximate surface area is 101 Å². The first-order valence-corrected chi connectivity index (χ1v) is 5.13. The van der Waals surface area contributed by atoms with E-state index in [1.165, 1.54) is 6.21 Å². The normalized spacial score (nSPS) is 12.5. The van der Waals surface area contributed by atoms with Gasteiger partial charge in [-0.2, -0.15) is 0 Å². The predicted octanol–water partition coefficient (Wildman–Crippen LogP) is 1.47. The summed E-state index contributed by atoms with van der Waals surface area (Å²) in [5, 5.41) is 9.13. The van der Waals surface area contributed by atoms with Crippen LogP contribution in [0.3, 0.4) is 0 Å². The lowest BCUT2D eigenvalue weighted by molar-refractivity contribution is 0.206. The van der Waals surface area contributed by atoms with Crippen LogP contribution >= 0.6 is 0 Å². The zero-order chi connectivity index (χ0) is 12.8. The first-order valence-electron chi connectivity index (χ1n) is 5.13. The molecule has 1 unspecified atom stereocenters. The third kappa shape index (κ3) is 3.35. The summed E-state index contributed by atoms with van der Waals surface area (Å²) in [6, 6.07) is 3.48. The molecule has 0 fully saturated rings. The summed E-state index contributed by atoms with van der Waals surface area (Å²) in [5.74, 6) is 1.74. The summed E-state index contributed by atoms with van der Waals surface area (Å²) < 4.78 is 15.6. The van der Waals surface area contributed by atoms with Crippen molar-refractivity contribution in [2.75, 3.05) is 21.3 Å². The monoisotopic (exact) mass is 239 g/mol. The number of aliphatic hydroxyl groups excluding tert-OH is 1. The molecule has 1 atom stereocenters. The minimum atomic E-state index is -0.767. The standard InChI is InChI=1S/C12H17NO4/c1-8(14)13-7-9-5-10(15-2)6-11(16-3)12(9)17-4/h5-8,14H,1-4H3. The maximum Gasteiger partial charge on any atom is 0.169 e. The van der Waals surface area contributed by atoms with Gasteiger partial charge in [0.05, 0.1) is 21.3 Å². The van der Waals surface area contributed by atoms with Crippen molar-refractivity contribution in [1.82, 2.24) is 0 Å². The molecule has 0 aliphatic heterocycles. The largest absolute Gasteiger partial charge is 0.497 e. The van der Waals surface area contributed by atoms with E-state index in [2.05, 4.69) is 4.99 Å². The van der Waals surface area contributed by atoms with Gasteiger partial charge in [0.25, 0.3) is 0 Å². The summed E-state index contributed by atoms with van der Waals surface area (Å²) >= 11 is 0. The van der Waals surface area contributed by atoms with Gasteiger partial charge in [0, 0.05) is 17.8 Å². The fourth-order valence-corrected chi connectivity index (χ4v) is 1.37. The highest BCUT2D eigenvalue weighted by Gasteiger charge is 2.11. The van der Waals surface area contributed by atoms with Gasteiger partial charge < -0.3 is 19.3 Å². The summed E-state index contributed by atoms with van der Waals surface area (Å²) in [5.41, 5.74) is 0.685. The number of ether oxygens (including phenoxy) is 3. The average Bonchev–Trinajstić information content (AvgIpc) is 2.34. The van der Waals surface area contributed by atoms with Crippen molar-refractivity contribution in [2.24, 2.45) is 4.99 Å². The van der Waals surface area contributed by atoms with E-state index in [0.29, 0.717) is 22.8 Å². The zero-order valence-electron chi connectivity index (χ0n) is 10.4. The molecule has 5 heteroatoms. The molecule has 1 N–H and O–H groups in total. The van der Waals surface area contributed by atoms with Crippen molar-refractivity contribution in [2.45, 2.75) is 13.2 Å². The molecule has 0 aliphatic carbocycles. The van der Waals surface area contributed by atoms with Gasteiger partial charge >= 0.3 is 0 Å². The van der Waals surface area contributed by atoms with E-state index in [1.54, 1.807) is 40.4 Å². The van der Waals surface area contributed by atoms with E-state index in [0.717, 1.165) is 0 Å².